The zero-order valence-electron chi connectivity index (χ0n) is 20.1. The molecule has 0 saturated heterocycles. The molecule has 168 valence electrons. The van der Waals surface area contributed by atoms with E-state index in [1.54, 1.807) is 0 Å². The summed E-state index contributed by atoms with van der Waals surface area (Å²) in [6, 6.07) is 32.5. The summed E-state index contributed by atoms with van der Waals surface area (Å²) in [6.07, 6.45) is 4.24. The summed E-state index contributed by atoms with van der Waals surface area (Å²) in [5.74, 6) is 0. The largest absolute Gasteiger partial charge is 0.455 e. The van der Waals surface area contributed by atoms with Crippen molar-refractivity contribution in [3.8, 4) is 33.6 Å². The van der Waals surface area contributed by atoms with Crippen LogP contribution >= 0.6 is 0 Å². The lowest BCUT2D eigenvalue weighted by molar-refractivity contribution is -1.29. The normalized spacial score (nSPS) is 12.4. The van der Waals surface area contributed by atoms with Crippen molar-refractivity contribution in [3.63, 3.8) is 0 Å². The molecule has 0 atom stereocenters. The molecule has 0 amide bonds. The van der Waals surface area contributed by atoms with E-state index in [4.69, 9.17) is 4.42 Å². The molecule has 3 nitrogen and oxygen atoms in total. The number of aromatic nitrogens is 2. The standard InChI is InChI=1S/C32H26N2O/c1-32(2,3)21-14-17-29-26(20-21)25-16-15-24-22-10-4-5-11-23(22)27-12-6-8-18-33(27)34-19-9-7-13-28(34)30(24)31(25)35-29/h4-20H,1-3H3/q+2. The molecular formula is C32H26N2O+2. The summed E-state index contributed by atoms with van der Waals surface area (Å²) in [6.45, 7) is 6.76. The fraction of sp³-hybridized carbons (Fsp3) is 0.125. The van der Waals surface area contributed by atoms with Crippen molar-refractivity contribution in [2.45, 2.75) is 26.2 Å². The van der Waals surface area contributed by atoms with Crippen LogP contribution in [0.1, 0.15) is 26.3 Å². The molecule has 0 aliphatic carbocycles. The van der Waals surface area contributed by atoms with Gasteiger partial charge < -0.3 is 4.42 Å². The van der Waals surface area contributed by atoms with Crippen LogP contribution in [0.4, 0.5) is 0 Å². The van der Waals surface area contributed by atoms with E-state index in [1.165, 1.54) is 27.6 Å². The van der Waals surface area contributed by atoms with E-state index < -0.39 is 0 Å². The second-order valence-electron chi connectivity index (χ2n) is 10.3. The van der Waals surface area contributed by atoms with Crippen LogP contribution in [0.25, 0.3) is 55.6 Å². The van der Waals surface area contributed by atoms with Gasteiger partial charge in [-0.1, -0.05) is 51.1 Å². The summed E-state index contributed by atoms with van der Waals surface area (Å²) in [5, 5.41) is 2.32. The van der Waals surface area contributed by atoms with E-state index in [0.717, 1.165) is 33.5 Å². The molecule has 0 saturated carbocycles. The van der Waals surface area contributed by atoms with Gasteiger partial charge in [-0.05, 0) is 52.9 Å². The van der Waals surface area contributed by atoms with Crippen LogP contribution in [0.5, 0.6) is 0 Å². The van der Waals surface area contributed by atoms with Crippen LogP contribution in [-0.2, 0) is 5.41 Å². The Morgan fingerprint density at radius 1 is 0.600 bits per heavy atom. The van der Waals surface area contributed by atoms with Gasteiger partial charge in [0.25, 0.3) is 11.4 Å². The molecule has 4 heterocycles. The second kappa shape index (κ2) is 7.13. The third-order valence-corrected chi connectivity index (χ3v) is 7.17. The minimum absolute atomic E-state index is 0.0725. The van der Waals surface area contributed by atoms with Gasteiger partial charge in [0, 0.05) is 40.6 Å². The lowest BCUT2D eigenvalue weighted by Gasteiger charge is -2.18. The average molecular weight is 455 g/mol. The molecule has 7 rings (SSSR count). The lowest BCUT2D eigenvalue weighted by Crippen LogP contribution is -2.68. The molecule has 0 unspecified atom stereocenters. The fourth-order valence-corrected chi connectivity index (χ4v) is 5.38. The summed E-state index contributed by atoms with van der Waals surface area (Å²) in [7, 11) is 0. The number of nitrogens with zero attached hydrogens (tertiary/aromatic N) is 2. The molecule has 6 aromatic rings. The topological polar surface area (TPSA) is 20.9 Å². The number of furan rings is 1. The van der Waals surface area contributed by atoms with Gasteiger partial charge in [0.15, 0.2) is 0 Å². The van der Waals surface area contributed by atoms with Gasteiger partial charge in [0.05, 0.1) is 14.9 Å². The van der Waals surface area contributed by atoms with E-state index >= 15 is 0 Å². The van der Waals surface area contributed by atoms with Gasteiger partial charge in [-0.3, -0.25) is 0 Å². The van der Waals surface area contributed by atoms with Crippen molar-refractivity contribution in [1.29, 1.82) is 0 Å². The Bertz CT molecular complexity index is 1780. The monoisotopic (exact) mass is 454 g/mol. The minimum atomic E-state index is 0.0725. The Balaban J connectivity index is 1.66. The maximum atomic E-state index is 6.65. The Morgan fingerprint density at radius 3 is 2.06 bits per heavy atom. The quantitative estimate of drug-likeness (QED) is 0.224. The van der Waals surface area contributed by atoms with Crippen LogP contribution in [0.3, 0.4) is 0 Å². The Morgan fingerprint density at radius 2 is 1.29 bits per heavy atom. The van der Waals surface area contributed by atoms with Crippen molar-refractivity contribution in [2.75, 3.05) is 0 Å². The Hall–Kier alpha value is -4.24. The molecule has 0 spiro atoms. The van der Waals surface area contributed by atoms with E-state index in [1.807, 2.05) is 0 Å². The highest BCUT2D eigenvalue weighted by Crippen LogP contribution is 2.44. The minimum Gasteiger partial charge on any atom is -0.455 e. The van der Waals surface area contributed by atoms with Crippen LogP contribution in [0.2, 0.25) is 0 Å². The van der Waals surface area contributed by atoms with Crippen molar-refractivity contribution >= 4 is 21.9 Å². The zero-order chi connectivity index (χ0) is 23.7. The van der Waals surface area contributed by atoms with Gasteiger partial charge in [0.2, 0.25) is 12.4 Å². The molecule has 0 fully saturated rings. The first kappa shape index (κ1) is 20.2. The van der Waals surface area contributed by atoms with Crippen molar-refractivity contribution in [1.82, 2.24) is 0 Å². The number of rotatable bonds is 0. The summed E-state index contributed by atoms with van der Waals surface area (Å²) < 4.78 is 11.1. The van der Waals surface area contributed by atoms with Gasteiger partial charge in [-0.15, -0.1) is 0 Å². The summed E-state index contributed by atoms with van der Waals surface area (Å²) in [4.78, 5) is 0. The average Bonchev–Trinajstić information content (AvgIpc) is 3.25. The second-order valence-corrected chi connectivity index (χ2v) is 10.3. The number of hydrogen-bond acceptors (Lipinski definition) is 1. The highest BCUT2D eigenvalue weighted by atomic mass is 16.3. The molecule has 1 aliphatic heterocycles. The summed E-state index contributed by atoms with van der Waals surface area (Å²) >= 11 is 0. The summed E-state index contributed by atoms with van der Waals surface area (Å²) in [5.41, 5.74) is 10.2. The lowest BCUT2D eigenvalue weighted by atomic mass is 9.86. The van der Waals surface area contributed by atoms with Gasteiger partial charge in [-0.25, -0.2) is 0 Å². The third-order valence-electron chi connectivity index (χ3n) is 7.17. The molecule has 35 heavy (non-hydrogen) atoms. The third kappa shape index (κ3) is 2.91. The zero-order valence-corrected chi connectivity index (χ0v) is 20.1. The van der Waals surface area contributed by atoms with E-state index in [2.05, 4.69) is 134 Å². The number of fused-ring (bicyclic) bond motifs is 12. The smallest absolute Gasteiger partial charge is 0.288 e. The Labute approximate surface area is 204 Å². The van der Waals surface area contributed by atoms with Gasteiger partial charge in [-0.2, -0.15) is 0 Å². The highest BCUT2D eigenvalue weighted by molar-refractivity contribution is 6.13. The molecule has 0 radical (unpaired) electrons. The highest BCUT2D eigenvalue weighted by Gasteiger charge is 2.34. The van der Waals surface area contributed by atoms with Gasteiger partial charge >= 0.3 is 0 Å². The fourth-order valence-electron chi connectivity index (χ4n) is 5.38. The molecule has 1 aliphatic rings. The van der Waals surface area contributed by atoms with Crippen molar-refractivity contribution in [2.24, 2.45) is 0 Å². The molecule has 0 N–H and O–H groups in total. The first-order valence-corrected chi connectivity index (χ1v) is 12.1. The van der Waals surface area contributed by atoms with Crippen molar-refractivity contribution in [3.05, 3.63) is 109 Å². The molecule has 3 aromatic heterocycles. The number of pyridine rings is 2. The van der Waals surface area contributed by atoms with Crippen LogP contribution in [0.15, 0.2) is 108 Å². The number of benzene rings is 3. The Kier molecular flexibility index (Phi) is 4.11. The van der Waals surface area contributed by atoms with Crippen LogP contribution < -0.4 is 9.35 Å². The van der Waals surface area contributed by atoms with Crippen molar-refractivity contribution < 1.29 is 13.8 Å². The maximum absolute atomic E-state index is 6.65. The van der Waals surface area contributed by atoms with Gasteiger partial charge in [0.1, 0.15) is 16.7 Å². The first-order valence-electron chi connectivity index (χ1n) is 12.1. The van der Waals surface area contributed by atoms with E-state index in [-0.39, 0.29) is 5.41 Å². The number of hydrogen-bond donors (Lipinski definition) is 0. The molecular weight excluding hydrogens is 428 g/mol. The van der Waals surface area contributed by atoms with E-state index in [9.17, 15) is 0 Å². The molecule has 3 aromatic carbocycles. The van der Waals surface area contributed by atoms with Crippen LogP contribution in [0, 0.1) is 0 Å². The molecule has 0 bridgehead atoms. The predicted octanol–water partition coefficient (Wildman–Crippen LogP) is 7.08. The molecule has 3 heteroatoms. The first-order chi connectivity index (χ1) is 17.0. The van der Waals surface area contributed by atoms with Crippen LogP contribution in [-0.4, -0.2) is 0 Å². The predicted molar refractivity (Wildman–Crippen MR) is 140 cm³/mol. The van der Waals surface area contributed by atoms with E-state index in [0.29, 0.717) is 0 Å². The SMILES string of the molecule is CC(C)(C)c1ccc2oc3c4c(ccc3c2c1)-c1ccccc1-c1cccc[n+]1-[n+]1ccccc1-4. The maximum Gasteiger partial charge on any atom is 0.288 e.